The van der Waals surface area contributed by atoms with Crippen LogP contribution in [0.3, 0.4) is 0 Å². The maximum Gasteiger partial charge on any atom is 0.273 e. The molecule has 1 N–H and O–H groups in total. The van der Waals surface area contributed by atoms with Crippen LogP contribution in [0.25, 0.3) is 16.2 Å². The number of thiazole rings is 1. The van der Waals surface area contributed by atoms with E-state index in [1.807, 2.05) is 18.5 Å². The average molecular weight is 399 g/mol. The summed E-state index contributed by atoms with van der Waals surface area (Å²) in [6.07, 6.45) is 2.39. The summed E-state index contributed by atoms with van der Waals surface area (Å²) in [5, 5.41) is 8.99. The molecule has 0 aliphatic carbocycles. The van der Waals surface area contributed by atoms with Crippen molar-refractivity contribution in [1.82, 2.24) is 24.5 Å². The number of rotatable bonds is 2. The van der Waals surface area contributed by atoms with Gasteiger partial charge in [0.25, 0.3) is 5.91 Å². The standard InChI is InChI=1S/C19H15F2N5OS/c1-10-17(26-6-7-28-19(26)22-10)18(27)25-5-4-15-13(9-25)16(24-23-15)12-8-11(20)2-3-14(12)21/h2-3,6-8H,4-5,9H2,1H3,(H,23,24). The lowest BCUT2D eigenvalue weighted by Gasteiger charge is -2.27. The zero-order valence-corrected chi connectivity index (χ0v) is 15.7. The zero-order chi connectivity index (χ0) is 19.4. The number of aromatic amines is 1. The highest BCUT2D eigenvalue weighted by Crippen LogP contribution is 2.31. The minimum atomic E-state index is -0.550. The Balaban J connectivity index is 1.52. The first-order valence-electron chi connectivity index (χ1n) is 8.76. The lowest BCUT2D eigenvalue weighted by Crippen LogP contribution is -2.36. The summed E-state index contributed by atoms with van der Waals surface area (Å²) >= 11 is 1.47. The minimum Gasteiger partial charge on any atom is -0.332 e. The first kappa shape index (κ1) is 17.1. The molecule has 0 spiro atoms. The van der Waals surface area contributed by atoms with Crippen molar-refractivity contribution in [2.45, 2.75) is 19.9 Å². The predicted molar refractivity (Wildman–Crippen MR) is 100 cm³/mol. The van der Waals surface area contributed by atoms with Gasteiger partial charge in [0.15, 0.2) is 4.96 Å². The lowest BCUT2D eigenvalue weighted by atomic mass is 10.00. The van der Waals surface area contributed by atoms with Crippen molar-refractivity contribution in [2.24, 2.45) is 0 Å². The maximum atomic E-state index is 14.3. The highest BCUT2D eigenvalue weighted by atomic mass is 32.1. The van der Waals surface area contributed by atoms with Crippen molar-refractivity contribution in [2.75, 3.05) is 6.54 Å². The Kier molecular flexibility index (Phi) is 3.80. The monoisotopic (exact) mass is 399 g/mol. The molecule has 0 fully saturated rings. The van der Waals surface area contributed by atoms with Crippen LogP contribution in [-0.2, 0) is 13.0 Å². The Morgan fingerprint density at radius 1 is 1.32 bits per heavy atom. The lowest BCUT2D eigenvalue weighted by molar-refractivity contribution is 0.0727. The average Bonchev–Trinajstić information content (AvgIpc) is 3.36. The number of aromatic nitrogens is 4. The van der Waals surface area contributed by atoms with Gasteiger partial charge in [0.1, 0.15) is 23.0 Å². The summed E-state index contributed by atoms with van der Waals surface area (Å²) in [7, 11) is 0. The van der Waals surface area contributed by atoms with Gasteiger partial charge in [-0.3, -0.25) is 14.3 Å². The Hall–Kier alpha value is -3.07. The predicted octanol–water partition coefficient (Wildman–Crippen LogP) is 3.57. The smallest absolute Gasteiger partial charge is 0.273 e. The molecular weight excluding hydrogens is 384 g/mol. The fourth-order valence-electron chi connectivity index (χ4n) is 3.67. The molecule has 1 aromatic carbocycles. The van der Waals surface area contributed by atoms with Crippen LogP contribution in [0.15, 0.2) is 29.8 Å². The molecule has 0 saturated heterocycles. The number of fused-ring (bicyclic) bond motifs is 2. The van der Waals surface area contributed by atoms with E-state index in [9.17, 15) is 13.6 Å². The van der Waals surface area contributed by atoms with Gasteiger partial charge in [-0.25, -0.2) is 13.8 Å². The van der Waals surface area contributed by atoms with Gasteiger partial charge in [-0.1, -0.05) is 0 Å². The van der Waals surface area contributed by atoms with Crippen molar-refractivity contribution in [3.8, 4) is 11.3 Å². The quantitative estimate of drug-likeness (QED) is 0.560. The van der Waals surface area contributed by atoms with Gasteiger partial charge in [-0.05, 0) is 25.1 Å². The Morgan fingerprint density at radius 2 is 2.18 bits per heavy atom. The maximum absolute atomic E-state index is 14.3. The van der Waals surface area contributed by atoms with Crippen LogP contribution in [0.1, 0.15) is 27.4 Å². The minimum absolute atomic E-state index is 0.0903. The van der Waals surface area contributed by atoms with Crippen LogP contribution in [0.2, 0.25) is 0 Å². The first-order chi connectivity index (χ1) is 13.5. The van der Waals surface area contributed by atoms with Gasteiger partial charge in [0, 0.05) is 41.4 Å². The van der Waals surface area contributed by atoms with Gasteiger partial charge in [0.05, 0.1) is 12.2 Å². The molecule has 3 aromatic heterocycles. The number of nitrogens with one attached hydrogen (secondary N) is 1. The van der Waals surface area contributed by atoms with Crippen LogP contribution in [0.4, 0.5) is 8.78 Å². The van der Waals surface area contributed by atoms with Gasteiger partial charge in [-0.2, -0.15) is 5.10 Å². The van der Waals surface area contributed by atoms with Crippen molar-refractivity contribution >= 4 is 22.2 Å². The van der Waals surface area contributed by atoms with Crippen LogP contribution in [0.5, 0.6) is 0 Å². The van der Waals surface area contributed by atoms with E-state index in [1.165, 1.54) is 11.3 Å². The van der Waals surface area contributed by atoms with E-state index in [4.69, 9.17) is 0 Å². The largest absolute Gasteiger partial charge is 0.332 e. The number of carbonyl (C=O) groups is 1. The van der Waals surface area contributed by atoms with E-state index < -0.39 is 11.6 Å². The zero-order valence-electron chi connectivity index (χ0n) is 14.9. The molecule has 1 aliphatic heterocycles. The first-order valence-corrected chi connectivity index (χ1v) is 9.64. The van der Waals surface area contributed by atoms with Crippen molar-refractivity contribution in [1.29, 1.82) is 0 Å². The highest BCUT2D eigenvalue weighted by molar-refractivity contribution is 7.15. The van der Waals surface area contributed by atoms with Gasteiger partial charge in [0.2, 0.25) is 0 Å². The van der Waals surface area contributed by atoms with E-state index in [0.29, 0.717) is 35.6 Å². The molecule has 5 rings (SSSR count). The third kappa shape index (κ3) is 2.54. The van der Waals surface area contributed by atoms with E-state index in [1.54, 1.807) is 9.30 Å². The molecule has 4 aromatic rings. The fraction of sp³-hybridized carbons (Fsp3) is 0.211. The van der Waals surface area contributed by atoms with E-state index >= 15 is 0 Å². The van der Waals surface area contributed by atoms with Crippen molar-refractivity contribution in [3.05, 3.63) is 64.1 Å². The molecule has 1 amide bonds. The summed E-state index contributed by atoms with van der Waals surface area (Å²) < 4.78 is 29.7. The summed E-state index contributed by atoms with van der Waals surface area (Å²) in [6, 6.07) is 3.28. The Labute approximate surface area is 162 Å². The van der Waals surface area contributed by atoms with Crippen molar-refractivity contribution < 1.29 is 13.6 Å². The van der Waals surface area contributed by atoms with Crippen LogP contribution in [-0.4, -0.2) is 36.9 Å². The topological polar surface area (TPSA) is 66.3 Å². The van der Waals surface area contributed by atoms with Gasteiger partial charge >= 0.3 is 0 Å². The van der Waals surface area contributed by atoms with E-state index in [0.717, 1.165) is 28.9 Å². The molecule has 1 aliphatic rings. The summed E-state index contributed by atoms with van der Waals surface area (Å²) in [6.45, 7) is 2.59. The second kappa shape index (κ2) is 6.23. The van der Waals surface area contributed by atoms with Gasteiger partial charge in [-0.15, -0.1) is 11.3 Å². The summed E-state index contributed by atoms with van der Waals surface area (Å²) in [5.74, 6) is -1.22. The molecule has 0 bridgehead atoms. The molecule has 0 atom stereocenters. The number of H-pyrrole nitrogens is 1. The molecule has 9 heteroatoms. The second-order valence-corrected chi connectivity index (χ2v) is 7.60. The number of halogens is 2. The molecule has 28 heavy (non-hydrogen) atoms. The third-order valence-corrected chi connectivity index (χ3v) is 5.80. The Morgan fingerprint density at radius 3 is 3.04 bits per heavy atom. The highest BCUT2D eigenvalue weighted by Gasteiger charge is 2.30. The third-order valence-electron chi connectivity index (χ3n) is 5.04. The SMILES string of the molecule is Cc1nc2sccn2c1C(=O)N1CCc2[nH]nc(-c3cc(F)ccc3F)c2C1. The molecule has 4 heterocycles. The number of amides is 1. The summed E-state index contributed by atoms with van der Waals surface area (Å²) in [4.78, 5) is 20.1. The fourth-order valence-corrected chi connectivity index (χ4v) is 4.43. The molecule has 0 unspecified atom stereocenters. The van der Waals surface area contributed by atoms with Crippen molar-refractivity contribution in [3.63, 3.8) is 0 Å². The molecular formula is C19H15F2N5OS. The number of imidazole rings is 1. The second-order valence-electron chi connectivity index (χ2n) is 6.73. The number of carbonyl (C=O) groups excluding carboxylic acids is 1. The van der Waals surface area contributed by atoms with Crippen LogP contribution < -0.4 is 0 Å². The Bertz CT molecular complexity index is 1220. The molecule has 6 nitrogen and oxygen atoms in total. The number of nitrogens with zero attached hydrogens (tertiary/aromatic N) is 4. The van der Waals surface area contributed by atoms with Crippen LogP contribution >= 0.6 is 11.3 Å². The van der Waals surface area contributed by atoms with Gasteiger partial charge < -0.3 is 4.90 Å². The summed E-state index contributed by atoms with van der Waals surface area (Å²) in [5.41, 5.74) is 3.19. The van der Waals surface area contributed by atoms with E-state index in [2.05, 4.69) is 15.2 Å². The van der Waals surface area contributed by atoms with E-state index in [-0.39, 0.29) is 18.0 Å². The van der Waals surface area contributed by atoms with Crippen LogP contribution in [0, 0.1) is 18.6 Å². The number of hydrogen-bond acceptors (Lipinski definition) is 4. The number of hydrogen-bond donors (Lipinski definition) is 1. The number of benzene rings is 1. The normalized spacial score (nSPS) is 13.9. The molecule has 0 saturated carbocycles. The number of aryl methyl sites for hydroxylation is 1. The molecule has 0 radical (unpaired) electrons. The molecule has 142 valence electrons.